The van der Waals surface area contributed by atoms with Gasteiger partial charge in [-0.2, -0.15) is 35.1 Å². The molecule has 41 heavy (non-hydrogen) atoms. The molecular formula is C26H26F11NO3. The number of aliphatic hydroxyl groups is 1. The smallest absolute Gasteiger partial charge is 0.489 e. The van der Waals surface area contributed by atoms with E-state index in [9.17, 15) is 53.4 Å². The first kappa shape index (κ1) is 32.5. The van der Waals surface area contributed by atoms with Gasteiger partial charge in [0.05, 0.1) is 6.54 Å². The topological polar surface area (TPSA) is 41.9 Å². The standard InChI is InChI=1S/C26H26F11NO3/c27-23(28,25(32,33)34)18-6-1-4-16(10-18)13-38(14-22(39)24(29,30)31)19-7-3-8-20(12-19)40-15-17-5-2-9-21(11-17)41-26(35,36)37/h2-3,5,7-9,11-12,16,18,22,39H,1,4,6,10,13-15H2. The van der Waals surface area contributed by atoms with Crippen molar-refractivity contribution in [3.63, 3.8) is 0 Å². The van der Waals surface area contributed by atoms with Crippen LogP contribution in [0.15, 0.2) is 48.5 Å². The minimum Gasteiger partial charge on any atom is -0.489 e. The second-order valence-electron chi connectivity index (χ2n) is 9.79. The number of aliphatic hydroxyl groups excluding tert-OH is 1. The highest BCUT2D eigenvalue weighted by Crippen LogP contribution is 2.48. The van der Waals surface area contributed by atoms with Crippen LogP contribution in [-0.4, -0.2) is 48.9 Å². The Kier molecular flexibility index (Phi) is 9.92. The average molecular weight is 609 g/mol. The van der Waals surface area contributed by atoms with Crippen molar-refractivity contribution in [3.05, 3.63) is 54.1 Å². The summed E-state index contributed by atoms with van der Waals surface area (Å²) in [5, 5.41) is 9.70. The van der Waals surface area contributed by atoms with Gasteiger partial charge >= 0.3 is 24.6 Å². The van der Waals surface area contributed by atoms with Crippen LogP contribution in [0.3, 0.4) is 0 Å². The van der Waals surface area contributed by atoms with Gasteiger partial charge in [-0.3, -0.25) is 0 Å². The number of alkyl halides is 11. The highest BCUT2D eigenvalue weighted by Gasteiger charge is 2.62. The molecule has 230 valence electrons. The summed E-state index contributed by atoms with van der Waals surface area (Å²) in [6.07, 6.45) is -19.3. The van der Waals surface area contributed by atoms with E-state index in [1.807, 2.05) is 0 Å². The Hall–Kier alpha value is -2.97. The second-order valence-corrected chi connectivity index (χ2v) is 9.79. The van der Waals surface area contributed by atoms with E-state index in [2.05, 4.69) is 4.74 Å². The molecule has 0 aromatic heterocycles. The largest absolute Gasteiger partial charge is 0.573 e. The van der Waals surface area contributed by atoms with Crippen molar-refractivity contribution < 1.29 is 62.9 Å². The molecular weight excluding hydrogens is 583 g/mol. The number of benzene rings is 2. The monoisotopic (exact) mass is 609 g/mol. The number of halogens is 11. The van der Waals surface area contributed by atoms with Crippen LogP contribution in [0.1, 0.15) is 31.2 Å². The molecule has 2 aromatic carbocycles. The summed E-state index contributed by atoms with van der Waals surface area (Å²) in [6, 6.07) is 10.3. The van der Waals surface area contributed by atoms with Crippen molar-refractivity contribution in [2.45, 2.75) is 63.0 Å². The molecule has 3 rings (SSSR count). The fourth-order valence-electron chi connectivity index (χ4n) is 4.70. The highest BCUT2D eigenvalue weighted by molar-refractivity contribution is 5.51. The molecule has 0 bridgehead atoms. The van der Waals surface area contributed by atoms with E-state index in [0.29, 0.717) is 0 Å². The lowest BCUT2D eigenvalue weighted by atomic mass is 9.77. The highest BCUT2D eigenvalue weighted by atomic mass is 19.4. The van der Waals surface area contributed by atoms with Crippen molar-refractivity contribution in [3.8, 4) is 11.5 Å². The van der Waals surface area contributed by atoms with E-state index >= 15 is 0 Å². The summed E-state index contributed by atoms with van der Waals surface area (Å²) < 4.78 is 153. The van der Waals surface area contributed by atoms with Gasteiger partial charge in [-0.25, -0.2) is 0 Å². The van der Waals surface area contributed by atoms with Gasteiger partial charge in [0, 0.05) is 24.2 Å². The lowest BCUT2D eigenvalue weighted by Crippen LogP contribution is -2.47. The summed E-state index contributed by atoms with van der Waals surface area (Å²) in [5.74, 6) is -8.26. The number of hydrogen-bond acceptors (Lipinski definition) is 4. The van der Waals surface area contributed by atoms with Gasteiger partial charge < -0.3 is 19.5 Å². The Morgan fingerprint density at radius 3 is 2.15 bits per heavy atom. The van der Waals surface area contributed by atoms with Crippen LogP contribution in [0.2, 0.25) is 0 Å². The fourth-order valence-corrected chi connectivity index (χ4v) is 4.70. The molecule has 3 atom stereocenters. The second kappa shape index (κ2) is 12.5. The maximum Gasteiger partial charge on any atom is 0.573 e. The molecule has 3 unspecified atom stereocenters. The number of rotatable bonds is 10. The van der Waals surface area contributed by atoms with E-state index < -0.39 is 67.7 Å². The summed E-state index contributed by atoms with van der Waals surface area (Å²) in [5.41, 5.74) is 0.324. The van der Waals surface area contributed by atoms with Gasteiger partial charge in [-0.05, 0) is 55.0 Å². The summed E-state index contributed by atoms with van der Waals surface area (Å²) >= 11 is 0. The first-order chi connectivity index (χ1) is 18.8. The Balaban J connectivity index is 1.78. The normalized spacial score (nSPS) is 19.5. The zero-order chi connectivity index (χ0) is 30.6. The van der Waals surface area contributed by atoms with Gasteiger partial charge in [0.1, 0.15) is 18.1 Å². The van der Waals surface area contributed by atoms with Crippen LogP contribution in [-0.2, 0) is 6.61 Å². The summed E-state index contributed by atoms with van der Waals surface area (Å²) in [7, 11) is 0. The van der Waals surface area contributed by atoms with Crippen LogP contribution in [0, 0.1) is 11.8 Å². The predicted octanol–water partition coefficient (Wildman–Crippen LogP) is 7.90. The van der Waals surface area contributed by atoms with Gasteiger partial charge in [0.25, 0.3) is 0 Å². The minimum absolute atomic E-state index is 0.0108. The molecule has 0 aliphatic heterocycles. The molecule has 1 aliphatic carbocycles. The summed E-state index contributed by atoms with van der Waals surface area (Å²) in [6.45, 7) is -1.64. The van der Waals surface area contributed by atoms with Crippen LogP contribution < -0.4 is 14.4 Å². The molecule has 0 radical (unpaired) electrons. The lowest BCUT2D eigenvalue weighted by molar-refractivity contribution is -0.306. The first-order valence-electron chi connectivity index (χ1n) is 12.4. The van der Waals surface area contributed by atoms with Crippen LogP contribution in [0.5, 0.6) is 11.5 Å². The van der Waals surface area contributed by atoms with Gasteiger partial charge in [0.2, 0.25) is 0 Å². The third-order valence-corrected chi connectivity index (χ3v) is 6.64. The Labute approximate surface area is 227 Å². The zero-order valence-corrected chi connectivity index (χ0v) is 21.2. The van der Waals surface area contributed by atoms with Crippen molar-refractivity contribution in [1.82, 2.24) is 0 Å². The number of anilines is 1. The molecule has 0 heterocycles. The SMILES string of the molecule is OC(CN(CC1CCCC(C(F)(F)C(F)(F)F)C1)c1cccc(OCc2cccc(OC(F)(F)F)c2)c1)C(F)(F)F. The van der Waals surface area contributed by atoms with Crippen molar-refractivity contribution in [2.75, 3.05) is 18.0 Å². The Morgan fingerprint density at radius 1 is 0.854 bits per heavy atom. The summed E-state index contributed by atoms with van der Waals surface area (Å²) in [4.78, 5) is 1.04. The maximum absolute atomic E-state index is 14.0. The Bertz CT molecular complexity index is 1130. The van der Waals surface area contributed by atoms with Crippen molar-refractivity contribution in [2.24, 2.45) is 11.8 Å². The van der Waals surface area contributed by atoms with E-state index in [1.54, 1.807) is 0 Å². The van der Waals surface area contributed by atoms with Gasteiger partial charge in [0.15, 0.2) is 6.10 Å². The molecule has 1 fully saturated rings. The average Bonchev–Trinajstić information content (AvgIpc) is 2.85. The molecule has 15 heteroatoms. The van der Waals surface area contributed by atoms with Crippen LogP contribution >= 0.6 is 0 Å². The molecule has 0 amide bonds. The lowest BCUT2D eigenvalue weighted by Gasteiger charge is -2.38. The number of ether oxygens (including phenoxy) is 2. The molecule has 2 aromatic rings. The molecule has 1 N–H and O–H groups in total. The zero-order valence-electron chi connectivity index (χ0n) is 21.2. The first-order valence-corrected chi connectivity index (χ1v) is 12.4. The quantitative estimate of drug-likeness (QED) is 0.278. The maximum atomic E-state index is 14.0. The van der Waals surface area contributed by atoms with Gasteiger partial charge in [-0.1, -0.05) is 24.6 Å². The van der Waals surface area contributed by atoms with Crippen molar-refractivity contribution in [1.29, 1.82) is 0 Å². The minimum atomic E-state index is -5.77. The van der Waals surface area contributed by atoms with E-state index in [4.69, 9.17) is 4.74 Å². The third-order valence-electron chi connectivity index (χ3n) is 6.64. The predicted molar refractivity (Wildman–Crippen MR) is 125 cm³/mol. The van der Waals surface area contributed by atoms with Crippen LogP contribution in [0.25, 0.3) is 0 Å². The fraction of sp³-hybridized carbons (Fsp3) is 0.538. The Morgan fingerprint density at radius 2 is 1.51 bits per heavy atom. The van der Waals surface area contributed by atoms with Gasteiger partial charge in [-0.15, -0.1) is 13.2 Å². The van der Waals surface area contributed by atoms with E-state index in [1.165, 1.54) is 36.4 Å². The van der Waals surface area contributed by atoms with E-state index in [-0.39, 0.29) is 43.0 Å². The molecule has 1 saturated carbocycles. The van der Waals surface area contributed by atoms with Crippen molar-refractivity contribution >= 4 is 5.69 Å². The van der Waals surface area contributed by atoms with E-state index in [0.717, 1.165) is 17.0 Å². The number of hydrogen-bond donors (Lipinski definition) is 1. The molecule has 1 aliphatic rings. The third kappa shape index (κ3) is 9.27. The number of nitrogens with zero attached hydrogens (tertiary/aromatic N) is 1. The molecule has 0 spiro atoms. The van der Waals surface area contributed by atoms with Crippen LogP contribution in [0.4, 0.5) is 54.0 Å². The molecule has 4 nitrogen and oxygen atoms in total. The molecule has 0 saturated heterocycles.